The molecule has 0 radical (unpaired) electrons. The van der Waals surface area contributed by atoms with Crippen molar-refractivity contribution in [1.29, 1.82) is 0 Å². The molecule has 0 saturated carbocycles. The van der Waals surface area contributed by atoms with E-state index in [2.05, 4.69) is 21.4 Å². The van der Waals surface area contributed by atoms with E-state index in [4.69, 9.17) is 4.74 Å². The van der Waals surface area contributed by atoms with Crippen LogP contribution in [0.25, 0.3) is 0 Å². The molecule has 2 aromatic carbocycles. The third kappa shape index (κ3) is 4.11. The van der Waals surface area contributed by atoms with Crippen LogP contribution in [0.1, 0.15) is 23.6 Å². The van der Waals surface area contributed by atoms with Crippen molar-refractivity contribution in [2.45, 2.75) is 18.5 Å². The maximum Gasteiger partial charge on any atom is 0.258 e. The van der Waals surface area contributed by atoms with Gasteiger partial charge in [-0.15, -0.1) is 0 Å². The van der Waals surface area contributed by atoms with Gasteiger partial charge in [0.1, 0.15) is 23.3 Å². The van der Waals surface area contributed by atoms with Gasteiger partial charge in [0.15, 0.2) is 0 Å². The van der Waals surface area contributed by atoms with Crippen LogP contribution in [0, 0.1) is 0 Å². The van der Waals surface area contributed by atoms with E-state index < -0.39 is 6.04 Å². The van der Waals surface area contributed by atoms with Gasteiger partial charge in [-0.25, -0.2) is 16.3 Å². The van der Waals surface area contributed by atoms with Gasteiger partial charge in [-0.1, -0.05) is 12.1 Å². The molecule has 8 heteroatoms. The number of hydrazone groups is 1. The highest BCUT2D eigenvalue weighted by atomic mass is 16.5. The zero-order valence-electron chi connectivity index (χ0n) is 14.1. The molecule has 3 rings (SSSR count). The van der Waals surface area contributed by atoms with Gasteiger partial charge in [0.25, 0.3) is 5.91 Å². The zero-order chi connectivity index (χ0) is 18.5. The number of rotatable bonds is 5. The number of hydrazine groups is 1. The molecule has 0 bridgehead atoms. The minimum atomic E-state index is -0.437. The number of benzene rings is 2. The van der Waals surface area contributed by atoms with Crippen molar-refractivity contribution in [2.24, 2.45) is 5.10 Å². The Morgan fingerprint density at radius 1 is 1.23 bits per heavy atom. The van der Waals surface area contributed by atoms with Gasteiger partial charge in [0.05, 0.1) is 13.3 Å². The van der Waals surface area contributed by atoms with E-state index in [1.54, 1.807) is 7.11 Å². The standard InChI is InChI=1S/C18H20N4O4/c1-26-14-6-3-11(4-7-14)15-9-16(21-20-15)18(25)22-19-10-12-2-5-13(23)8-17(12)24/h2-8,10,15-16,20-21,23-24H,9H2,1H3,(H,22,25)/b19-10+. The quantitative estimate of drug-likeness (QED) is 0.406. The molecule has 0 aliphatic carbocycles. The number of ether oxygens (including phenoxy) is 1. The summed E-state index contributed by atoms with van der Waals surface area (Å²) in [7, 11) is 1.61. The first kappa shape index (κ1) is 17.7. The van der Waals surface area contributed by atoms with Crippen molar-refractivity contribution >= 4 is 12.1 Å². The number of aromatic hydroxyl groups is 2. The van der Waals surface area contributed by atoms with Gasteiger partial charge in [0.2, 0.25) is 0 Å². The molecule has 1 heterocycles. The summed E-state index contributed by atoms with van der Waals surface area (Å²) in [6.07, 6.45) is 1.88. The first-order valence-corrected chi connectivity index (χ1v) is 8.06. The summed E-state index contributed by atoms with van der Waals surface area (Å²) in [6.45, 7) is 0. The molecule has 1 aliphatic rings. The van der Waals surface area contributed by atoms with E-state index >= 15 is 0 Å². The molecule has 1 aliphatic heterocycles. The SMILES string of the molecule is COc1ccc(C2CC(C(=O)N/N=C/c3ccc(O)cc3O)NN2)cc1. The summed E-state index contributed by atoms with van der Waals surface area (Å²) in [5.41, 5.74) is 9.92. The molecular weight excluding hydrogens is 336 g/mol. The average molecular weight is 356 g/mol. The molecular formula is C18H20N4O4. The Balaban J connectivity index is 1.54. The van der Waals surface area contributed by atoms with Gasteiger partial charge in [-0.2, -0.15) is 5.10 Å². The monoisotopic (exact) mass is 356 g/mol. The summed E-state index contributed by atoms with van der Waals surface area (Å²) >= 11 is 0. The highest BCUT2D eigenvalue weighted by Gasteiger charge is 2.30. The average Bonchev–Trinajstić information content (AvgIpc) is 3.14. The maximum atomic E-state index is 12.2. The minimum absolute atomic E-state index is 0.00165. The first-order chi connectivity index (χ1) is 12.6. The van der Waals surface area contributed by atoms with Crippen LogP contribution >= 0.6 is 0 Å². The molecule has 1 fully saturated rings. The Labute approximate surface area is 150 Å². The Morgan fingerprint density at radius 3 is 2.69 bits per heavy atom. The number of nitrogens with one attached hydrogen (secondary N) is 3. The Morgan fingerprint density at radius 2 is 2.00 bits per heavy atom. The Hall–Kier alpha value is -3.10. The molecule has 5 N–H and O–H groups in total. The van der Waals surface area contributed by atoms with Crippen LogP contribution in [0.2, 0.25) is 0 Å². The van der Waals surface area contributed by atoms with Crippen LogP contribution in [0.4, 0.5) is 0 Å². The van der Waals surface area contributed by atoms with Crippen molar-refractivity contribution in [3.8, 4) is 17.2 Å². The lowest BCUT2D eigenvalue weighted by Crippen LogP contribution is -2.41. The molecule has 1 saturated heterocycles. The van der Waals surface area contributed by atoms with E-state index in [1.165, 1.54) is 24.4 Å². The highest BCUT2D eigenvalue weighted by Crippen LogP contribution is 2.24. The third-order valence-corrected chi connectivity index (χ3v) is 4.13. The number of carbonyl (C=O) groups is 1. The van der Waals surface area contributed by atoms with Crippen LogP contribution in [0.5, 0.6) is 17.2 Å². The topological polar surface area (TPSA) is 115 Å². The minimum Gasteiger partial charge on any atom is -0.508 e. The van der Waals surface area contributed by atoms with Crippen molar-refractivity contribution in [3.05, 3.63) is 53.6 Å². The molecule has 2 atom stereocenters. The van der Waals surface area contributed by atoms with E-state index in [9.17, 15) is 15.0 Å². The van der Waals surface area contributed by atoms with Crippen LogP contribution in [0.15, 0.2) is 47.6 Å². The zero-order valence-corrected chi connectivity index (χ0v) is 14.1. The normalized spacial score (nSPS) is 19.6. The molecule has 1 amide bonds. The lowest BCUT2D eigenvalue weighted by atomic mass is 10.0. The highest BCUT2D eigenvalue weighted by molar-refractivity contribution is 5.86. The predicted molar refractivity (Wildman–Crippen MR) is 95.9 cm³/mol. The summed E-state index contributed by atoms with van der Waals surface area (Å²) in [4.78, 5) is 12.2. The predicted octanol–water partition coefficient (Wildman–Crippen LogP) is 1.16. The summed E-state index contributed by atoms with van der Waals surface area (Å²) in [5, 5.41) is 22.8. The van der Waals surface area contributed by atoms with Gasteiger partial charge in [-0.3, -0.25) is 4.79 Å². The second-order valence-electron chi connectivity index (χ2n) is 5.88. The Bertz CT molecular complexity index is 807. The number of nitrogens with zero attached hydrogens (tertiary/aromatic N) is 1. The van der Waals surface area contributed by atoms with Crippen LogP contribution in [0.3, 0.4) is 0 Å². The smallest absolute Gasteiger partial charge is 0.258 e. The number of phenols is 2. The van der Waals surface area contributed by atoms with Crippen LogP contribution < -0.4 is 21.0 Å². The molecule has 26 heavy (non-hydrogen) atoms. The first-order valence-electron chi connectivity index (χ1n) is 8.06. The number of methoxy groups -OCH3 is 1. The summed E-state index contributed by atoms with van der Waals surface area (Å²) in [5.74, 6) is 0.321. The van der Waals surface area contributed by atoms with E-state index in [0.717, 1.165) is 11.3 Å². The molecule has 0 spiro atoms. The largest absolute Gasteiger partial charge is 0.508 e. The van der Waals surface area contributed by atoms with Crippen LogP contribution in [-0.4, -0.2) is 35.5 Å². The van der Waals surface area contributed by atoms with Gasteiger partial charge in [-0.05, 0) is 36.2 Å². The van der Waals surface area contributed by atoms with E-state index in [-0.39, 0.29) is 23.4 Å². The lowest BCUT2D eigenvalue weighted by Gasteiger charge is -2.10. The second kappa shape index (κ2) is 7.85. The van der Waals surface area contributed by atoms with Crippen LogP contribution in [-0.2, 0) is 4.79 Å². The third-order valence-electron chi connectivity index (χ3n) is 4.13. The maximum absolute atomic E-state index is 12.2. The number of hydrogen-bond acceptors (Lipinski definition) is 7. The number of hydrogen-bond donors (Lipinski definition) is 5. The second-order valence-corrected chi connectivity index (χ2v) is 5.88. The van der Waals surface area contributed by atoms with Crippen molar-refractivity contribution in [2.75, 3.05) is 7.11 Å². The number of phenolic OH excluding ortho intramolecular Hbond substituents is 2. The van der Waals surface area contributed by atoms with E-state index in [0.29, 0.717) is 12.0 Å². The van der Waals surface area contributed by atoms with Gasteiger partial charge >= 0.3 is 0 Å². The number of carbonyl (C=O) groups excluding carboxylic acids is 1. The van der Waals surface area contributed by atoms with Crippen molar-refractivity contribution in [1.82, 2.24) is 16.3 Å². The molecule has 8 nitrogen and oxygen atoms in total. The fourth-order valence-electron chi connectivity index (χ4n) is 2.67. The fraction of sp³-hybridized carbons (Fsp3) is 0.222. The molecule has 0 aromatic heterocycles. The molecule has 136 valence electrons. The van der Waals surface area contributed by atoms with Crippen molar-refractivity contribution < 1.29 is 19.7 Å². The lowest BCUT2D eigenvalue weighted by molar-refractivity contribution is -0.122. The van der Waals surface area contributed by atoms with Gasteiger partial charge < -0.3 is 14.9 Å². The van der Waals surface area contributed by atoms with E-state index in [1.807, 2.05) is 24.3 Å². The summed E-state index contributed by atoms with van der Waals surface area (Å²) in [6, 6.07) is 11.3. The van der Waals surface area contributed by atoms with Gasteiger partial charge in [0, 0.05) is 17.7 Å². The molecule has 2 unspecified atom stereocenters. The molecule has 2 aromatic rings. The summed E-state index contributed by atoms with van der Waals surface area (Å²) < 4.78 is 5.14. The fourth-order valence-corrected chi connectivity index (χ4v) is 2.67. The van der Waals surface area contributed by atoms with Crippen molar-refractivity contribution in [3.63, 3.8) is 0 Å². The Kier molecular flexibility index (Phi) is 5.35. The number of amides is 1.